The van der Waals surface area contributed by atoms with Crippen LogP contribution in [0.25, 0.3) is 11.5 Å². The molecule has 1 atom stereocenters. The summed E-state index contributed by atoms with van der Waals surface area (Å²) in [4.78, 5) is 3.17. The Bertz CT molecular complexity index is 930. The van der Waals surface area contributed by atoms with Crippen molar-refractivity contribution in [3.8, 4) is 17.2 Å². The number of rotatable bonds is 6. The zero-order valence-electron chi connectivity index (χ0n) is 17.4. The topological polar surface area (TPSA) is 57.0 Å². The molecule has 0 aliphatic carbocycles. The number of aryl methyl sites for hydroxylation is 1. The maximum atomic E-state index is 6.01. The summed E-state index contributed by atoms with van der Waals surface area (Å²) in [6.07, 6.45) is 0. The van der Waals surface area contributed by atoms with E-state index in [0.717, 1.165) is 44.0 Å². The molecule has 6 heteroatoms. The summed E-state index contributed by atoms with van der Waals surface area (Å²) in [5, 5.41) is 8.60. The third kappa shape index (κ3) is 4.49. The Balaban J connectivity index is 1.35. The third-order valence-corrected chi connectivity index (χ3v) is 6.06. The van der Waals surface area contributed by atoms with E-state index in [9.17, 15) is 0 Å². The molecule has 1 saturated heterocycles. The highest BCUT2D eigenvalue weighted by Gasteiger charge is 2.31. The van der Waals surface area contributed by atoms with Gasteiger partial charge in [0.05, 0.1) is 7.11 Å². The summed E-state index contributed by atoms with van der Waals surface area (Å²) in [6, 6.07) is 16.6. The predicted octanol–water partition coefficient (Wildman–Crippen LogP) is 1.10. The Morgan fingerprint density at radius 3 is 2.41 bits per heavy atom. The molecule has 2 N–H and O–H groups in total. The van der Waals surface area contributed by atoms with Crippen LogP contribution in [-0.4, -0.2) is 43.5 Å². The molecule has 29 heavy (non-hydrogen) atoms. The third-order valence-electron chi connectivity index (χ3n) is 6.06. The molecular weight excluding hydrogens is 364 g/mol. The molecule has 6 nitrogen and oxygen atoms in total. The summed E-state index contributed by atoms with van der Waals surface area (Å²) in [5.41, 5.74) is 3.76. The number of benzene rings is 2. The van der Waals surface area contributed by atoms with Crippen molar-refractivity contribution in [3.05, 3.63) is 65.5 Å². The number of nitrogens with zero attached hydrogens (tertiary/aromatic N) is 2. The number of ether oxygens (including phenoxy) is 1. The van der Waals surface area contributed by atoms with Gasteiger partial charge in [-0.1, -0.05) is 24.3 Å². The average molecular weight is 395 g/mol. The van der Waals surface area contributed by atoms with Gasteiger partial charge in [-0.2, -0.15) is 0 Å². The largest absolute Gasteiger partial charge is 0.497 e. The van der Waals surface area contributed by atoms with Crippen LogP contribution < -0.4 is 14.5 Å². The first-order valence-corrected chi connectivity index (χ1v) is 10.3. The number of hydrogen-bond acceptors (Lipinski definition) is 4. The molecule has 0 bridgehead atoms. The second-order valence-electron chi connectivity index (χ2n) is 7.91. The van der Waals surface area contributed by atoms with Gasteiger partial charge in [-0.25, -0.2) is 0 Å². The first-order valence-electron chi connectivity index (χ1n) is 10.3. The number of hydrogen-bond donors (Lipinski definition) is 2. The fraction of sp³-hybridized carbons (Fsp3) is 0.391. The van der Waals surface area contributed by atoms with Crippen LogP contribution in [0.2, 0.25) is 0 Å². The maximum Gasteiger partial charge on any atom is 0.274 e. The Labute approximate surface area is 172 Å². The highest BCUT2D eigenvalue weighted by atomic mass is 16.5. The minimum Gasteiger partial charge on any atom is -0.497 e. The summed E-state index contributed by atoms with van der Waals surface area (Å²) in [7, 11) is 1.66. The molecular formula is C23H30N4O2+2. The molecule has 2 heterocycles. The van der Waals surface area contributed by atoms with Gasteiger partial charge in [0.1, 0.15) is 38.5 Å². The van der Waals surface area contributed by atoms with Crippen molar-refractivity contribution in [2.75, 3.05) is 33.3 Å². The monoisotopic (exact) mass is 394 g/mol. The van der Waals surface area contributed by atoms with E-state index in [2.05, 4.69) is 48.3 Å². The molecule has 0 amide bonds. The molecule has 0 radical (unpaired) electrons. The number of quaternary nitrogens is 2. The standard InChI is InChI=1S/C23H28N4O2/c1-17-6-4-5-7-20(17)16-26-12-14-27(15-13-26)18(2)22-24-25-23(29-22)19-8-10-21(28-3)11-9-19/h4-11,18H,12-16H2,1-3H3/p+2/t18-/m0/s1. The Hall–Kier alpha value is -2.70. The number of methoxy groups -OCH3 is 1. The van der Waals surface area contributed by atoms with E-state index < -0.39 is 0 Å². The van der Waals surface area contributed by atoms with Crippen molar-refractivity contribution in [3.63, 3.8) is 0 Å². The lowest BCUT2D eigenvalue weighted by atomic mass is 10.1. The molecule has 1 aliphatic rings. The quantitative estimate of drug-likeness (QED) is 0.657. The van der Waals surface area contributed by atoms with E-state index in [1.54, 1.807) is 12.0 Å². The van der Waals surface area contributed by atoms with E-state index in [4.69, 9.17) is 9.15 Å². The molecule has 152 valence electrons. The number of aromatic nitrogens is 2. The van der Waals surface area contributed by atoms with Crippen LogP contribution >= 0.6 is 0 Å². The van der Waals surface area contributed by atoms with Gasteiger partial charge in [-0.15, -0.1) is 10.2 Å². The lowest BCUT2D eigenvalue weighted by Crippen LogP contribution is -3.27. The normalized spacial score (nSPS) is 20.4. The maximum absolute atomic E-state index is 6.01. The Kier molecular flexibility index (Phi) is 5.92. The first kappa shape index (κ1) is 19.6. The second-order valence-corrected chi connectivity index (χ2v) is 7.91. The van der Waals surface area contributed by atoms with Crippen LogP contribution in [0, 0.1) is 6.92 Å². The van der Waals surface area contributed by atoms with E-state index in [1.165, 1.54) is 16.0 Å². The molecule has 0 unspecified atom stereocenters. The fourth-order valence-electron chi connectivity index (χ4n) is 4.05. The van der Waals surface area contributed by atoms with Crippen molar-refractivity contribution < 1.29 is 19.0 Å². The smallest absolute Gasteiger partial charge is 0.274 e. The minimum atomic E-state index is 0.203. The van der Waals surface area contributed by atoms with Gasteiger partial charge in [-0.3, -0.25) is 0 Å². The van der Waals surface area contributed by atoms with Gasteiger partial charge in [0.2, 0.25) is 5.89 Å². The first-order chi connectivity index (χ1) is 14.1. The average Bonchev–Trinajstić information content (AvgIpc) is 3.26. The lowest BCUT2D eigenvalue weighted by Gasteiger charge is -2.32. The van der Waals surface area contributed by atoms with E-state index in [-0.39, 0.29) is 6.04 Å². The molecule has 1 aliphatic heterocycles. The molecule has 3 aromatic rings. The van der Waals surface area contributed by atoms with Crippen LogP contribution in [0.5, 0.6) is 5.75 Å². The predicted molar refractivity (Wildman–Crippen MR) is 111 cm³/mol. The fourth-order valence-corrected chi connectivity index (χ4v) is 4.05. The molecule has 0 saturated carbocycles. The van der Waals surface area contributed by atoms with Gasteiger partial charge < -0.3 is 19.0 Å². The van der Waals surface area contributed by atoms with Crippen molar-refractivity contribution in [2.24, 2.45) is 0 Å². The van der Waals surface area contributed by atoms with Crippen LogP contribution in [0.15, 0.2) is 52.9 Å². The number of piperazine rings is 1. The van der Waals surface area contributed by atoms with E-state index >= 15 is 0 Å². The zero-order valence-corrected chi connectivity index (χ0v) is 17.4. The van der Waals surface area contributed by atoms with Gasteiger partial charge in [0.25, 0.3) is 5.89 Å². The minimum absolute atomic E-state index is 0.203. The van der Waals surface area contributed by atoms with Crippen LogP contribution in [-0.2, 0) is 6.54 Å². The summed E-state index contributed by atoms with van der Waals surface area (Å²) >= 11 is 0. The number of nitrogens with one attached hydrogen (secondary N) is 2. The Morgan fingerprint density at radius 1 is 1.00 bits per heavy atom. The van der Waals surface area contributed by atoms with Crippen LogP contribution in [0.4, 0.5) is 0 Å². The highest BCUT2D eigenvalue weighted by molar-refractivity contribution is 5.53. The SMILES string of the molecule is COc1ccc(-c2nnc([C@H](C)[NH+]3CC[NH+](Cc4ccccc4C)CC3)o2)cc1. The van der Waals surface area contributed by atoms with Crippen molar-refractivity contribution in [1.82, 2.24) is 10.2 Å². The van der Waals surface area contributed by atoms with Crippen LogP contribution in [0.1, 0.15) is 30.0 Å². The molecule has 4 rings (SSSR count). The molecule has 0 spiro atoms. The van der Waals surface area contributed by atoms with Crippen molar-refractivity contribution in [2.45, 2.75) is 26.4 Å². The van der Waals surface area contributed by atoms with Crippen molar-refractivity contribution >= 4 is 0 Å². The van der Waals surface area contributed by atoms with Gasteiger partial charge in [0.15, 0.2) is 6.04 Å². The Morgan fingerprint density at radius 2 is 1.72 bits per heavy atom. The lowest BCUT2D eigenvalue weighted by molar-refractivity contribution is -1.03. The molecule has 1 fully saturated rings. The van der Waals surface area contributed by atoms with E-state index in [0.29, 0.717) is 11.8 Å². The molecule has 1 aromatic heterocycles. The van der Waals surface area contributed by atoms with Gasteiger partial charge in [-0.05, 0) is 43.7 Å². The van der Waals surface area contributed by atoms with Gasteiger partial charge >= 0.3 is 0 Å². The van der Waals surface area contributed by atoms with E-state index in [1.807, 2.05) is 24.3 Å². The summed E-state index contributed by atoms with van der Waals surface area (Å²) in [5.74, 6) is 2.10. The second kappa shape index (κ2) is 8.76. The summed E-state index contributed by atoms with van der Waals surface area (Å²) < 4.78 is 11.2. The van der Waals surface area contributed by atoms with Crippen molar-refractivity contribution in [1.29, 1.82) is 0 Å². The summed E-state index contributed by atoms with van der Waals surface area (Å²) in [6.45, 7) is 10.0. The van der Waals surface area contributed by atoms with Gasteiger partial charge in [0, 0.05) is 11.1 Å². The van der Waals surface area contributed by atoms with Crippen LogP contribution in [0.3, 0.4) is 0 Å². The highest BCUT2D eigenvalue weighted by Crippen LogP contribution is 2.22. The zero-order chi connectivity index (χ0) is 20.2. The molecule has 2 aromatic carbocycles.